The summed E-state index contributed by atoms with van der Waals surface area (Å²) in [5, 5.41) is 8.75. The molecule has 3 aromatic heterocycles. The maximum absolute atomic E-state index is 5.11. The monoisotopic (exact) mass is 768 g/mol. The Balaban J connectivity index is 1.09. The molecule has 0 radical (unpaired) electrons. The highest BCUT2D eigenvalue weighted by Gasteiger charge is 2.15. The molecule has 60 heavy (non-hydrogen) atoms. The Morgan fingerprint density at radius 1 is 0.217 bits per heavy atom. The lowest BCUT2D eigenvalue weighted by molar-refractivity contribution is 1.04. The predicted octanol–water partition coefficient (Wildman–Crippen LogP) is 13.1. The van der Waals surface area contributed by atoms with Crippen molar-refractivity contribution in [3.05, 3.63) is 219 Å². The van der Waals surface area contributed by atoms with Crippen LogP contribution in [-0.4, -0.2) is 30.1 Å². The zero-order valence-electron chi connectivity index (χ0n) is 32.5. The molecule has 10 rings (SSSR count). The van der Waals surface area contributed by atoms with Crippen molar-refractivity contribution in [1.29, 1.82) is 0 Å². The van der Waals surface area contributed by atoms with Crippen LogP contribution in [0.1, 0.15) is 0 Å². The molecule has 7 aromatic carbocycles. The molecule has 0 saturated heterocycles. The van der Waals surface area contributed by atoms with E-state index in [0.717, 1.165) is 89.7 Å². The lowest BCUT2D eigenvalue weighted by Crippen LogP contribution is -1.96. The second kappa shape index (κ2) is 16.3. The summed E-state index contributed by atoms with van der Waals surface area (Å²) in [5.41, 5.74) is 15.3. The number of hydrogen-bond donors (Lipinski definition) is 0. The fourth-order valence-electron chi connectivity index (χ4n) is 7.42. The second-order valence-electron chi connectivity index (χ2n) is 14.5. The fraction of sp³-hybridized carbons (Fsp3) is 0. The lowest BCUT2D eigenvalue weighted by atomic mass is 9.93. The first-order chi connectivity index (χ1) is 29.7. The van der Waals surface area contributed by atoms with E-state index in [1.165, 1.54) is 0 Å². The van der Waals surface area contributed by atoms with Crippen LogP contribution in [0.3, 0.4) is 0 Å². The molecule has 0 atom stereocenters. The van der Waals surface area contributed by atoms with Crippen LogP contribution in [0.15, 0.2) is 219 Å². The molecule has 0 aliphatic carbocycles. The maximum atomic E-state index is 5.11. The van der Waals surface area contributed by atoms with E-state index < -0.39 is 0 Å². The van der Waals surface area contributed by atoms with Gasteiger partial charge in [0.25, 0.3) is 0 Å². The Morgan fingerprint density at radius 2 is 0.567 bits per heavy atom. The minimum Gasteiger partial charge on any atom is -0.228 e. The Kier molecular flexibility index (Phi) is 9.84. The van der Waals surface area contributed by atoms with E-state index in [9.17, 15) is 0 Å². The van der Waals surface area contributed by atoms with Gasteiger partial charge in [-0.15, -0.1) is 0 Å². The van der Waals surface area contributed by atoms with E-state index in [1.807, 2.05) is 109 Å². The van der Waals surface area contributed by atoms with Crippen LogP contribution < -0.4 is 0 Å². The number of rotatable bonds is 9. The van der Waals surface area contributed by atoms with Crippen molar-refractivity contribution in [1.82, 2.24) is 30.1 Å². The van der Waals surface area contributed by atoms with Crippen LogP contribution in [0.5, 0.6) is 0 Å². The fourth-order valence-corrected chi connectivity index (χ4v) is 7.42. The zero-order valence-corrected chi connectivity index (χ0v) is 32.5. The van der Waals surface area contributed by atoms with Crippen LogP contribution in [0, 0.1) is 0 Å². The zero-order chi connectivity index (χ0) is 40.1. The molecule has 0 aliphatic rings. The Labute approximate surface area is 348 Å². The first-order valence-electron chi connectivity index (χ1n) is 19.8. The summed E-state index contributed by atoms with van der Waals surface area (Å²) in [4.78, 5) is 20.2. The molecule has 0 spiro atoms. The van der Waals surface area contributed by atoms with Crippen LogP contribution in [0.4, 0.5) is 0 Å². The van der Waals surface area contributed by atoms with Crippen molar-refractivity contribution in [2.45, 2.75) is 0 Å². The van der Waals surface area contributed by atoms with Gasteiger partial charge in [-0.25, -0.2) is 19.9 Å². The van der Waals surface area contributed by atoms with Gasteiger partial charge in [0, 0.05) is 45.1 Å². The van der Waals surface area contributed by atoms with Gasteiger partial charge in [-0.05, 0) is 76.9 Å². The topological polar surface area (TPSA) is 77.3 Å². The molecule has 6 heteroatoms. The largest absolute Gasteiger partial charge is 0.228 e. The third-order valence-electron chi connectivity index (χ3n) is 10.4. The molecule has 0 amide bonds. The number of aromatic nitrogens is 6. The van der Waals surface area contributed by atoms with Gasteiger partial charge in [0.1, 0.15) is 0 Å². The number of nitrogens with zero attached hydrogens (tertiary/aromatic N) is 6. The van der Waals surface area contributed by atoms with Gasteiger partial charge in [-0.2, -0.15) is 10.2 Å². The summed E-state index contributed by atoms with van der Waals surface area (Å²) in [6.45, 7) is 0. The average molecular weight is 769 g/mol. The molecule has 0 bridgehead atoms. The van der Waals surface area contributed by atoms with E-state index in [4.69, 9.17) is 19.9 Å². The number of hydrogen-bond acceptors (Lipinski definition) is 6. The van der Waals surface area contributed by atoms with Gasteiger partial charge < -0.3 is 0 Å². The van der Waals surface area contributed by atoms with Gasteiger partial charge >= 0.3 is 0 Å². The summed E-state index contributed by atoms with van der Waals surface area (Å²) in [7, 11) is 0. The molecular weight excluding hydrogens is 733 g/mol. The predicted molar refractivity (Wildman–Crippen MR) is 242 cm³/mol. The van der Waals surface area contributed by atoms with Gasteiger partial charge in [0.05, 0.1) is 28.5 Å². The minimum absolute atomic E-state index is 0.680. The molecule has 0 aliphatic heterocycles. The first-order valence-corrected chi connectivity index (χ1v) is 19.8. The highest BCUT2D eigenvalue weighted by atomic mass is 15.1. The molecule has 6 nitrogen and oxygen atoms in total. The summed E-state index contributed by atoms with van der Waals surface area (Å²) in [5.74, 6) is 1.36. The third kappa shape index (κ3) is 7.73. The van der Waals surface area contributed by atoms with Gasteiger partial charge in [-0.1, -0.05) is 158 Å². The second-order valence-corrected chi connectivity index (χ2v) is 14.5. The van der Waals surface area contributed by atoms with Crippen LogP contribution in [0.2, 0.25) is 0 Å². The normalized spacial score (nSPS) is 11.0. The summed E-state index contributed by atoms with van der Waals surface area (Å²) in [6.07, 6.45) is 1.70. The van der Waals surface area contributed by atoms with E-state index in [-0.39, 0.29) is 0 Å². The SMILES string of the molecule is c1ccc(-c2cc(-c3cccc(-c4cc(-c5cccc(-c6cc(-c7ccccc7)nc(-c7ccccc7)n6)c5)cc(-c5cccnn5)c4)c3)nc(-c3ccccc3)n2)cc1. The van der Waals surface area contributed by atoms with Crippen LogP contribution in [-0.2, 0) is 0 Å². The first kappa shape index (κ1) is 36.1. The summed E-state index contributed by atoms with van der Waals surface area (Å²) in [6, 6.07) is 72.6. The molecule has 282 valence electrons. The van der Waals surface area contributed by atoms with Crippen molar-refractivity contribution in [2.75, 3.05) is 0 Å². The Hall–Kier alpha value is -8.22. The van der Waals surface area contributed by atoms with Crippen molar-refractivity contribution in [3.63, 3.8) is 0 Å². The van der Waals surface area contributed by atoms with Crippen LogP contribution >= 0.6 is 0 Å². The van der Waals surface area contributed by atoms with Crippen molar-refractivity contribution < 1.29 is 0 Å². The molecule has 0 N–H and O–H groups in total. The molecule has 0 unspecified atom stereocenters. The summed E-state index contributed by atoms with van der Waals surface area (Å²) >= 11 is 0. The van der Waals surface area contributed by atoms with Crippen molar-refractivity contribution in [3.8, 4) is 101 Å². The van der Waals surface area contributed by atoms with Gasteiger partial charge in [0.2, 0.25) is 0 Å². The molecule has 10 aromatic rings. The number of benzene rings is 7. The van der Waals surface area contributed by atoms with E-state index in [2.05, 4.69) is 113 Å². The molecule has 0 fully saturated rings. The Bertz CT molecular complexity index is 2760. The van der Waals surface area contributed by atoms with E-state index >= 15 is 0 Å². The average Bonchev–Trinajstić information content (AvgIpc) is 3.35. The molecule has 3 heterocycles. The Morgan fingerprint density at radius 3 is 0.983 bits per heavy atom. The minimum atomic E-state index is 0.680. The van der Waals surface area contributed by atoms with Crippen molar-refractivity contribution in [2.24, 2.45) is 0 Å². The maximum Gasteiger partial charge on any atom is 0.160 e. The third-order valence-corrected chi connectivity index (χ3v) is 10.4. The van der Waals surface area contributed by atoms with Gasteiger partial charge in [0.15, 0.2) is 11.6 Å². The lowest BCUT2D eigenvalue weighted by Gasteiger charge is -2.14. The van der Waals surface area contributed by atoms with Crippen LogP contribution in [0.25, 0.3) is 101 Å². The highest BCUT2D eigenvalue weighted by molar-refractivity contribution is 5.84. The van der Waals surface area contributed by atoms with Gasteiger partial charge in [-0.3, -0.25) is 0 Å². The smallest absolute Gasteiger partial charge is 0.160 e. The van der Waals surface area contributed by atoms with Crippen molar-refractivity contribution >= 4 is 0 Å². The molecule has 0 saturated carbocycles. The summed E-state index contributed by atoms with van der Waals surface area (Å²) < 4.78 is 0. The van der Waals surface area contributed by atoms with E-state index in [0.29, 0.717) is 11.6 Å². The standard InChI is InChI=1S/C54H36N6/c1-5-16-37(17-6-1)49-35-51(58-53(56-49)39-20-9-3-10-21-39)43-26-13-24-41(30-43)45-32-46(34-47(33-45)48-28-15-29-55-60-48)42-25-14-27-44(31-42)52-36-50(38-18-7-2-8-19-38)57-54(59-52)40-22-11-4-12-23-40/h1-36H. The highest BCUT2D eigenvalue weighted by Crippen LogP contribution is 2.36. The molecular formula is C54H36N6. The quantitative estimate of drug-likeness (QED) is 0.145. The van der Waals surface area contributed by atoms with E-state index in [1.54, 1.807) is 6.20 Å².